The van der Waals surface area contributed by atoms with Gasteiger partial charge in [0.05, 0.1) is 5.52 Å². The van der Waals surface area contributed by atoms with Gasteiger partial charge in [0.15, 0.2) is 0 Å². The standard InChI is InChI=1S/C16H15N3/c1-11-7-8-13-10-14(12-5-3-2-4-6-12)16(19-17)18-15(13)9-11/h2-10H,17H2,1H3,(H,18,19). The van der Waals surface area contributed by atoms with Crippen molar-refractivity contribution in [3.63, 3.8) is 0 Å². The van der Waals surface area contributed by atoms with Crippen LogP contribution in [0.2, 0.25) is 0 Å². The van der Waals surface area contributed by atoms with Gasteiger partial charge in [-0.25, -0.2) is 10.8 Å². The Balaban J connectivity index is 2.27. The number of aryl methyl sites for hydroxylation is 1. The van der Waals surface area contributed by atoms with E-state index in [0.29, 0.717) is 5.82 Å². The van der Waals surface area contributed by atoms with Crippen LogP contribution in [0.5, 0.6) is 0 Å². The molecule has 3 rings (SSSR count). The number of rotatable bonds is 2. The van der Waals surface area contributed by atoms with Gasteiger partial charge in [0, 0.05) is 10.9 Å². The van der Waals surface area contributed by atoms with Gasteiger partial charge in [0.2, 0.25) is 0 Å². The molecule has 1 heterocycles. The van der Waals surface area contributed by atoms with Crippen molar-refractivity contribution < 1.29 is 0 Å². The minimum absolute atomic E-state index is 0.698. The molecule has 94 valence electrons. The first-order valence-corrected chi connectivity index (χ1v) is 6.21. The van der Waals surface area contributed by atoms with Crippen molar-refractivity contribution in [3.8, 4) is 11.1 Å². The molecule has 0 radical (unpaired) electrons. The van der Waals surface area contributed by atoms with Crippen LogP contribution in [0, 0.1) is 6.92 Å². The monoisotopic (exact) mass is 249 g/mol. The summed E-state index contributed by atoms with van der Waals surface area (Å²) in [5, 5.41) is 1.11. The van der Waals surface area contributed by atoms with Crippen LogP contribution < -0.4 is 11.3 Å². The number of nitrogen functional groups attached to an aromatic ring is 1. The van der Waals surface area contributed by atoms with Crippen molar-refractivity contribution in [1.82, 2.24) is 4.98 Å². The third kappa shape index (κ3) is 2.16. The molecule has 3 nitrogen and oxygen atoms in total. The number of nitrogens with one attached hydrogen (secondary N) is 1. The van der Waals surface area contributed by atoms with Gasteiger partial charge in [0.1, 0.15) is 5.82 Å². The van der Waals surface area contributed by atoms with Crippen LogP contribution >= 0.6 is 0 Å². The van der Waals surface area contributed by atoms with Gasteiger partial charge >= 0.3 is 0 Å². The largest absolute Gasteiger partial charge is 0.308 e. The number of aromatic nitrogens is 1. The molecule has 0 amide bonds. The highest BCUT2D eigenvalue weighted by molar-refractivity contribution is 5.89. The Kier molecular flexibility index (Phi) is 2.89. The molecule has 0 saturated carbocycles. The molecular formula is C16H15N3. The summed E-state index contributed by atoms with van der Waals surface area (Å²) in [4.78, 5) is 4.59. The molecule has 0 bridgehead atoms. The lowest BCUT2D eigenvalue weighted by Crippen LogP contribution is -2.10. The molecule has 3 heteroatoms. The molecule has 0 aliphatic rings. The number of anilines is 1. The number of nitrogens with two attached hydrogens (primary N) is 1. The van der Waals surface area contributed by atoms with E-state index in [0.717, 1.165) is 22.0 Å². The van der Waals surface area contributed by atoms with Crippen LogP contribution in [0.25, 0.3) is 22.0 Å². The second kappa shape index (κ2) is 4.71. The number of hydrazine groups is 1. The summed E-state index contributed by atoms with van der Waals surface area (Å²) in [6, 6.07) is 18.5. The summed E-state index contributed by atoms with van der Waals surface area (Å²) in [6.45, 7) is 2.06. The molecule has 3 aromatic rings. The van der Waals surface area contributed by atoms with Crippen LogP contribution in [0.3, 0.4) is 0 Å². The number of nitrogens with zero attached hydrogens (tertiary/aromatic N) is 1. The Morgan fingerprint density at radius 3 is 2.53 bits per heavy atom. The first-order chi connectivity index (χ1) is 9.28. The predicted molar refractivity (Wildman–Crippen MR) is 79.7 cm³/mol. The predicted octanol–water partition coefficient (Wildman–Crippen LogP) is 3.50. The fraction of sp³-hybridized carbons (Fsp3) is 0.0625. The van der Waals surface area contributed by atoms with Crippen molar-refractivity contribution in [2.24, 2.45) is 5.84 Å². The van der Waals surface area contributed by atoms with Crippen LogP contribution in [-0.2, 0) is 0 Å². The third-order valence-electron chi connectivity index (χ3n) is 3.19. The Hall–Kier alpha value is -2.39. The lowest BCUT2D eigenvalue weighted by molar-refractivity contribution is 1.26. The van der Waals surface area contributed by atoms with Crippen molar-refractivity contribution >= 4 is 16.7 Å². The molecule has 0 saturated heterocycles. The van der Waals surface area contributed by atoms with Gasteiger partial charge < -0.3 is 5.43 Å². The quantitative estimate of drug-likeness (QED) is 0.540. The summed E-state index contributed by atoms with van der Waals surface area (Å²) >= 11 is 0. The fourth-order valence-electron chi connectivity index (χ4n) is 2.22. The number of benzene rings is 2. The highest BCUT2D eigenvalue weighted by Gasteiger charge is 2.08. The maximum atomic E-state index is 5.60. The van der Waals surface area contributed by atoms with Crippen molar-refractivity contribution in [2.45, 2.75) is 6.92 Å². The highest BCUT2D eigenvalue weighted by Crippen LogP contribution is 2.29. The van der Waals surface area contributed by atoms with Gasteiger partial charge in [-0.2, -0.15) is 0 Å². The van der Waals surface area contributed by atoms with Gasteiger partial charge in [-0.05, 0) is 30.2 Å². The van der Waals surface area contributed by atoms with Gasteiger partial charge in [-0.15, -0.1) is 0 Å². The first kappa shape index (κ1) is 11.7. The normalized spacial score (nSPS) is 10.6. The molecule has 19 heavy (non-hydrogen) atoms. The summed E-state index contributed by atoms with van der Waals surface area (Å²) in [5.74, 6) is 6.30. The van der Waals surface area contributed by atoms with E-state index in [1.807, 2.05) is 18.2 Å². The zero-order valence-electron chi connectivity index (χ0n) is 10.7. The van der Waals surface area contributed by atoms with E-state index < -0.39 is 0 Å². The number of fused-ring (bicyclic) bond motifs is 1. The molecule has 0 unspecified atom stereocenters. The number of hydrogen-bond donors (Lipinski definition) is 2. The molecule has 0 aliphatic heterocycles. The minimum atomic E-state index is 0.698. The number of hydrogen-bond acceptors (Lipinski definition) is 3. The SMILES string of the molecule is Cc1ccc2cc(-c3ccccc3)c(NN)nc2c1. The molecule has 2 aromatic carbocycles. The summed E-state index contributed by atoms with van der Waals surface area (Å²) < 4.78 is 0. The molecular weight excluding hydrogens is 234 g/mol. The fourth-order valence-corrected chi connectivity index (χ4v) is 2.22. The van der Waals surface area contributed by atoms with Crippen molar-refractivity contribution in [3.05, 3.63) is 60.2 Å². The highest BCUT2D eigenvalue weighted by atomic mass is 15.2. The van der Waals surface area contributed by atoms with Crippen LogP contribution in [-0.4, -0.2) is 4.98 Å². The topological polar surface area (TPSA) is 50.9 Å². The van der Waals surface area contributed by atoms with Gasteiger partial charge in [0.25, 0.3) is 0 Å². The van der Waals surface area contributed by atoms with E-state index >= 15 is 0 Å². The third-order valence-corrected chi connectivity index (χ3v) is 3.19. The lowest BCUT2D eigenvalue weighted by atomic mass is 10.0. The molecule has 0 aliphatic carbocycles. The first-order valence-electron chi connectivity index (χ1n) is 6.21. The second-order valence-corrected chi connectivity index (χ2v) is 4.59. The minimum Gasteiger partial charge on any atom is -0.308 e. The van der Waals surface area contributed by atoms with E-state index in [1.165, 1.54) is 5.56 Å². The summed E-state index contributed by atoms with van der Waals surface area (Å²) in [6.07, 6.45) is 0. The second-order valence-electron chi connectivity index (χ2n) is 4.59. The Morgan fingerprint density at radius 2 is 1.79 bits per heavy atom. The molecule has 1 aromatic heterocycles. The number of pyridine rings is 1. The molecule has 0 atom stereocenters. The molecule has 3 N–H and O–H groups in total. The maximum absolute atomic E-state index is 5.60. The van der Waals surface area contributed by atoms with Gasteiger partial charge in [-0.3, -0.25) is 0 Å². The molecule has 0 spiro atoms. The van der Waals surface area contributed by atoms with E-state index in [9.17, 15) is 0 Å². The lowest BCUT2D eigenvalue weighted by Gasteiger charge is -2.10. The zero-order valence-corrected chi connectivity index (χ0v) is 10.7. The van der Waals surface area contributed by atoms with E-state index in [4.69, 9.17) is 5.84 Å². The summed E-state index contributed by atoms with van der Waals surface area (Å²) in [7, 11) is 0. The van der Waals surface area contributed by atoms with Crippen LogP contribution in [0.1, 0.15) is 5.56 Å². The smallest absolute Gasteiger partial charge is 0.148 e. The Morgan fingerprint density at radius 1 is 1.00 bits per heavy atom. The Bertz CT molecular complexity index is 721. The van der Waals surface area contributed by atoms with Crippen LogP contribution in [0.15, 0.2) is 54.6 Å². The van der Waals surface area contributed by atoms with Crippen molar-refractivity contribution in [2.75, 3.05) is 5.43 Å². The summed E-state index contributed by atoms with van der Waals surface area (Å²) in [5.41, 5.74) is 6.95. The molecule has 0 fully saturated rings. The Labute approximate surface area is 112 Å². The van der Waals surface area contributed by atoms with E-state index in [-0.39, 0.29) is 0 Å². The average molecular weight is 249 g/mol. The van der Waals surface area contributed by atoms with Crippen LogP contribution in [0.4, 0.5) is 5.82 Å². The zero-order chi connectivity index (χ0) is 13.2. The maximum Gasteiger partial charge on any atom is 0.148 e. The van der Waals surface area contributed by atoms with E-state index in [1.54, 1.807) is 0 Å². The van der Waals surface area contributed by atoms with Crippen molar-refractivity contribution in [1.29, 1.82) is 0 Å². The van der Waals surface area contributed by atoms with Gasteiger partial charge in [-0.1, -0.05) is 42.5 Å². The average Bonchev–Trinajstić information content (AvgIpc) is 2.46. The van der Waals surface area contributed by atoms with E-state index in [2.05, 4.69) is 53.7 Å².